The predicted molar refractivity (Wildman–Crippen MR) is 65.3 cm³/mol. The maximum absolute atomic E-state index is 12.0. The van der Waals surface area contributed by atoms with Crippen LogP contribution in [0.2, 0.25) is 0 Å². The maximum Gasteiger partial charge on any atom is 0.229 e. The van der Waals surface area contributed by atoms with Gasteiger partial charge in [0.25, 0.3) is 0 Å². The van der Waals surface area contributed by atoms with Gasteiger partial charge in [0, 0.05) is 18.3 Å². The minimum atomic E-state index is 0.0737. The lowest BCUT2D eigenvalue weighted by molar-refractivity contribution is -0.121. The van der Waals surface area contributed by atoms with E-state index in [4.69, 9.17) is 4.74 Å². The molecule has 2 atom stereocenters. The van der Waals surface area contributed by atoms with Crippen LogP contribution >= 0.6 is 0 Å². The van der Waals surface area contributed by atoms with Gasteiger partial charge in [-0.1, -0.05) is 6.07 Å². The Morgan fingerprint density at radius 1 is 1.35 bits per heavy atom. The highest BCUT2D eigenvalue weighted by Gasteiger charge is 2.37. The molecule has 1 fully saturated rings. The van der Waals surface area contributed by atoms with E-state index >= 15 is 0 Å². The van der Waals surface area contributed by atoms with Gasteiger partial charge in [-0.2, -0.15) is 0 Å². The second-order valence-electron chi connectivity index (χ2n) is 4.65. The number of ether oxygens (including phenoxy) is 1. The molecule has 1 aromatic rings. The number of carbonyl (C=O) groups excluding carboxylic acids is 1. The molecule has 0 bridgehead atoms. The monoisotopic (exact) mass is 232 g/mol. The smallest absolute Gasteiger partial charge is 0.229 e. The summed E-state index contributed by atoms with van der Waals surface area (Å²) in [6, 6.07) is 5.96. The zero-order chi connectivity index (χ0) is 11.8. The third-order valence-corrected chi connectivity index (χ3v) is 3.74. The Morgan fingerprint density at radius 3 is 3.06 bits per heavy atom. The summed E-state index contributed by atoms with van der Waals surface area (Å²) in [5.41, 5.74) is 2.16. The third-order valence-electron chi connectivity index (χ3n) is 3.74. The molecule has 2 N–H and O–H groups in total. The second kappa shape index (κ2) is 4.04. The van der Waals surface area contributed by atoms with Crippen LogP contribution in [0.3, 0.4) is 0 Å². The first-order valence-electron chi connectivity index (χ1n) is 5.99. The van der Waals surface area contributed by atoms with E-state index < -0.39 is 0 Å². The van der Waals surface area contributed by atoms with Gasteiger partial charge in [-0.15, -0.1) is 0 Å². The first-order chi connectivity index (χ1) is 8.29. The van der Waals surface area contributed by atoms with Crippen LogP contribution < -0.4 is 15.4 Å². The molecule has 0 aromatic heterocycles. The molecule has 0 radical (unpaired) electrons. The largest absolute Gasteiger partial charge is 0.497 e. The van der Waals surface area contributed by atoms with Crippen LogP contribution in [0, 0.1) is 5.92 Å². The van der Waals surface area contributed by atoms with Crippen LogP contribution in [0.1, 0.15) is 17.9 Å². The molecule has 2 aliphatic rings. The fraction of sp³-hybridized carbons (Fsp3) is 0.462. The molecule has 3 rings (SSSR count). The Labute approximate surface area is 100 Å². The van der Waals surface area contributed by atoms with Gasteiger partial charge in [-0.3, -0.25) is 4.79 Å². The summed E-state index contributed by atoms with van der Waals surface area (Å²) < 4.78 is 5.19. The molecule has 1 aromatic carbocycles. The number of carbonyl (C=O) groups is 1. The van der Waals surface area contributed by atoms with Crippen molar-refractivity contribution in [3.05, 3.63) is 23.8 Å². The second-order valence-corrected chi connectivity index (χ2v) is 4.65. The fourth-order valence-electron chi connectivity index (χ4n) is 2.83. The minimum Gasteiger partial charge on any atom is -0.497 e. The van der Waals surface area contributed by atoms with Crippen molar-refractivity contribution >= 4 is 11.6 Å². The minimum absolute atomic E-state index is 0.0737. The van der Waals surface area contributed by atoms with Crippen molar-refractivity contribution in [2.24, 2.45) is 5.92 Å². The SMILES string of the molecule is COc1ccc2c(c1)NC(=O)C1CNCCC21. The van der Waals surface area contributed by atoms with E-state index in [0.717, 1.165) is 30.9 Å². The van der Waals surface area contributed by atoms with Gasteiger partial charge in [-0.05, 0) is 30.5 Å². The molecular formula is C13H16N2O2. The third kappa shape index (κ3) is 1.69. The highest BCUT2D eigenvalue weighted by Crippen LogP contribution is 2.40. The van der Waals surface area contributed by atoms with Crippen LogP contribution in [0.5, 0.6) is 5.75 Å². The Balaban J connectivity index is 2.02. The van der Waals surface area contributed by atoms with Gasteiger partial charge in [-0.25, -0.2) is 0 Å². The van der Waals surface area contributed by atoms with Crippen molar-refractivity contribution in [3.8, 4) is 5.75 Å². The van der Waals surface area contributed by atoms with E-state index in [1.54, 1.807) is 7.11 Å². The van der Waals surface area contributed by atoms with Gasteiger partial charge >= 0.3 is 0 Å². The number of methoxy groups -OCH3 is 1. The number of piperidine rings is 1. The highest BCUT2D eigenvalue weighted by molar-refractivity contribution is 5.97. The van der Waals surface area contributed by atoms with E-state index in [0.29, 0.717) is 5.92 Å². The Bertz CT molecular complexity index is 459. The van der Waals surface area contributed by atoms with Crippen molar-refractivity contribution in [3.63, 3.8) is 0 Å². The molecule has 1 saturated heterocycles. The lowest BCUT2D eigenvalue weighted by atomic mass is 9.77. The van der Waals surface area contributed by atoms with E-state index in [1.165, 1.54) is 5.56 Å². The topological polar surface area (TPSA) is 50.4 Å². The number of amides is 1. The summed E-state index contributed by atoms with van der Waals surface area (Å²) in [6.07, 6.45) is 1.03. The number of fused-ring (bicyclic) bond motifs is 3. The average Bonchev–Trinajstić information content (AvgIpc) is 2.38. The van der Waals surface area contributed by atoms with E-state index in [9.17, 15) is 4.79 Å². The quantitative estimate of drug-likeness (QED) is 0.768. The zero-order valence-electron chi connectivity index (χ0n) is 9.82. The molecule has 90 valence electrons. The van der Waals surface area contributed by atoms with Crippen LogP contribution in [0.4, 0.5) is 5.69 Å². The molecule has 1 amide bonds. The van der Waals surface area contributed by atoms with Crippen molar-refractivity contribution in [2.45, 2.75) is 12.3 Å². The summed E-state index contributed by atoms with van der Waals surface area (Å²) in [4.78, 5) is 12.0. The van der Waals surface area contributed by atoms with Crippen molar-refractivity contribution in [1.29, 1.82) is 0 Å². The maximum atomic E-state index is 12.0. The summed E-state index contributed by atoms with van der Waals surface area (Å²) >= 11 is 0. The molecule has 0 saturated carbocycles. The molecule has 2 aliphatic heterocycles. The van der Waals surface area contributed by atoms with E-state index in [1.807, 2.05) is 12.1 Å². The van der Waals surface area contributed by atoms with Crippen LogP contribution in [-0.4, -0.2) is 26.1 Å². The Kier molecular flexibility index (Phi) is 2.52. The van der Waals surface area contributed by atoms with Crippen molar-refractivity contribution in [1.82, 2.24) is 5.32 Å². The lowest BCUT2D eigenvalue weighted by Crippen LogP contribution is -2.44. The van der Waals surface area contributed by atoms with Crippen LogP contribution in [0.25, 0.3) is 0 Å². The number of rotatable bonds is 1. The molecular weight excluding hydrogens is 216 g/mol. The summed E-state index contributed by atoms with van der Waals surface area (Å²) in [6.45, 7) is 1.77. The molecule has 2 unspecified atom stereocenters. The number of nitrogens with one attached hydrogen (secondary N) is 2. The number of hydrogen-bond donors (Lipinski definition) is 2. The number of hydrogen-bond acceptors (Lipinski definition) is 3. The predicted octanol–water partition coefficient (Wildman–Crippen LogP) is 1.34. The summed E-state index contributed by atoms with van der Waals surface area (Å²) in [5.74, 6) is 1.34. The number of benzene rings is 1. The van der Waals surface area contributed by atoms with Crippen molar-refractivity contribution in [2.75, 3.05) is 25.5 Å². The van der Waals surface area contributed by atoms with Crippen LogP contribution in [-0.2, 0) is 4.79 Å². The summed E-state index contributed by atoms with van der Waals surface area (Å²) in [5, 5.41) is 6.26. The van der Waals surface area contributed by atoms with Gasteiger partial charge in [0.05, 0.1) is 13.0 Å². The first kappa shape index (κ1) is 10.6. The highest BCUT2D eigenvalue weighted by atomic mass is 16.5. The average molecular weight is 232 g/mol. The lowest BCUT2D eigenvalue weighted by Gasteiger charge is -2.36. The molecule has 0 spiro atoms. The van der Waals surface area contributed by atoms with Gasteiger partial charge in [0.2, 0.25) is 5.91 Å². The zero-order valence-corrected chi connectivity index (χ0v) is 9.82. The van der Waals surface area contributed by atoms with E-state index in [2.05, 4.69) is 16.7 Å². The molecule has 4 heteroatoms. The summed E-state index contributed by atoms with van der Waals surface area (Å²) in [7, 11) is 1.64. The molecule has 0 aliphatic carbocycles. The normalized spacial score (nSPS) is 26.8. The standard InChI is InChI=1S/C13H16N2O2/c1-17-8-2-3-10-9-4-5-14-7-11(9)13(16)15-12(10)6-8/h2-3,6,9,11,14H,4-5,7H2,1H3,(H,15,16). The first-order valence-corrected chi connectivity index (χ1v) is 5.99. The van der Waals surface area contributed by atoms with Crippen molar-refractivity contribution < 1.29 is 9.53 Å². The van der Waals surface area contributed by atoms with Gasteiger partial charge < -0.3 is 15.4 Å². The Hall–Kier alpha value is -1.55. The fourth-order valence-corrected chi connectivity index (χ4v) is 2.83. The van der Waals surface area contributed by atoms with Gasteiger partial charge in [0.15, 0.2) is 0 Å². The van der Waals surface area contributed by atoms with E-state index in [-0.39, 0.29) is 11.8 Å². The molecule has 17 heavy (non-hydrogen) atoms. The van der Waals surface area contributed by atoms with Crippen LogP contribution in [0.15, 0.2) is 18.2 Å². The Morgan fingerprint density at radius 2 is 2.24 bits per heavy atom. The molecule has 2 heterocycles. The molecule has 4 nitrogen and oxygen atoms in total. The number of anilines is 1. The van der Waals surface area contributed by atoms with Gasteiger partial charge in [0.1, 0.15) is 5.75 Å².